The van der Waals surface area contributed by atoms with Gasteiger partial charge in [-0.3, -0.25) is 10.1 Å². The molecule has 7 heteroatoms. The maximum atomic E-state index is 12.2. The lowest BCUT2D eigenvalue weighted by Gasteiger charge is -2.08. The van der Waals surface area contributed by atoms with Crippen LogP contribution in [0.2, 0.25) is 0 Å². The summed E-state index contributed by atoms with van der Waals surface area (Å²) in [7, 11) is 1.07. The maximum Gasteiger partial charge on any atom is 0.416 e. The predicted octanol–water partition coefficient (Wildman–Crippen LogP) is 2.62. The normalized spacial score (nSPS) is 11.2. The van der Waals surface area contributed by atoms with Crippen molar-refractivity contribution in [3.05, 3.63) is 33.9 Å². The van der Waals surface area contributed by atoms with Crippen LogP contribution in [-0.2, 0) is 6.18 Å². The minimum atomic E-state index is -4.54. The van der Waals surface area contributed by atoms with Gasteiger partial charge in [0.1, 0.15) is 0 Å². The first kappa shape index (κ1) is 11.3. The molecule has 82 valence electrons. The third kappa shape index (κ3) is 2.36. The minimum Gasteiger partial charge on any atom is -0.490 e. The van der Waals surface area contributed by atoms with Gasteiger partial charge in [-0.25, -0.2) is 0 Å². The van der Waals surface area contributed by atoms with Gasteiger partial charge in [0, 0.05) is 6.07 Å². The summed E-state index contributed by atoms with van der Waals surface area (Å²) in [5, 5.41) is 10.4. The van der Waals surface area contributed by atoms with Crippen LogP contribution in [0.25, 0.3) is 0 Å². The zero-order chi connectivity index (χ0) is 11.6. The number of nitrogens with zero attached hydrogens (tertiary/aromatic N) is 1. The Kier molecular flexibility index (Phi) is 2.83. The van der Waals surface area contributed by atoms with Crippen LogP contribution in [0.15, 0.2) is 18.2 Å². The Morgan fingerprint density at radius 3 is 2.40 bits per heavy atom. The highest BCUT2D eigenvalue weighted by Crippen LogP contribution is 2.35. The summed E-state index contributed by atoms with van der Waals surface area (Å²) in [5.41, 5.74) is -1.48. The highest BCUT2D eigenvalue weighted by atomic mass is 19.4. The summed E-state index contributed by atoms with van der Waals surface area (Å²) in [6, 6.07) is 2.00. The molecule has 0 aromatic heterocycles. The summed E-state index contributed by atoms with van der Waals surface area (Å²) in [4.78, 5) is 9.58. The first-order valence-corrected chi connectivity index (χ1v) is 3.76. The number of methoxy groups -OCH3 is 1. The molecule has 0 radical (unpaired) electrons. The van der Waals surface area contributed by atoms with Gasteiger partial charge in [0.05, 0.1) is 17.6 Å². The Morgan fingerprint density at radius 1 is 1.40 bits per heavy atom. The maximum absolute atomic E-state index is 12.2. The number of nitro benzene ring substituents is 1. The molecule has 0 aliphatic carbocycles. The molecule has 0 amide bonds. The van der Waals surface area contributed by atoms with Gasteiger partial charge in [0.25, 0.3) is 0 Å². The van der Waals surface area contributed by atoms with E-state index in [9.17, 15) is 23.3 Å². The van der Waals surface area contributed by atoms with Crippen molar-refractivity contribution >= 4 is 5.69 Å². The van der Waals surface area contributed by atoms with Crippen LogP contribution in [0.5, 0.6) is 5.75 Å². The van der Waals surface area contributed by atoms with Crippen LogP contribution in [0.3, 0.4) is 0 Å². The lowest BCUT2D eigenvalue weighted by molar-refractivity contribution is -0.385. The van der Waals surface area contributed by atoms with Crippen molar-refractivity contribution in [1.82, 2.24) is 0 Å². The fourth-order valence-corrected chi connectivity index (χ4v) is 1.00. The summed E-state index contributed by atoms with van der Waals surface area (Å²) in [6.45, 7) is 0. The van der Waals surface area contributed by atoms with Gasteiger partial charge in [-0.1, -0.05) is 0 Å². The van der Waals surface area contributed by atoms with Gasteiger partial charge < -0.3 is 4.74 Å². The van der Waals surface area contributed by atoms with Gasteiger partial charge >= 0.3 is 11.9 Å². The molecule has 0 fully saturated rings. The summed E-state index contributed by atoms with van der Waals surface area (Å²) < 4.78 is 41.1. The first-order chi connectivity index (χ1) is 6.86. The quantitative estimate of drug-likeness (QED) is 0.569. The molecule has 0 saturated heterocycles. The fraction of sp³-hybridized carbons (Fsp3) is 0.250. The summed E-state index contributed by atoms with van der Waals surface area (Å²) in [6.07, 6.45) is -4.54. The van der Waals surface area contributed by atoms with E-state index < -0.39 is 28.1 Å². The molecule has 0 aliphatic rings. The van der Waals surface area contributed by atoms with Gasteiger partial charge in [-0.2, -0.15) is 13.2 Å². The molecule has 0 heterocycles. The fourth-order valence-electron chi connectivity index (χ4n) is 1.00. The van der Waals surface area contributed by atoms with Crippen molar-refractivity contribution in [2.45, 2.75) is 6.18 Å². The van der Waals surface area contributed by atoms with E-state index in [1.54, 1.807) is 0 Å². The van der Waals surface area contributed by atoms with Crippen molar-refractivity contribution < 1.29 is 22.8 Å². The van der Waals surface area contributed by atoms with E-state index in [0.29, 0.717) is 12.1 Å². The molecule has 0 bridgehead atoms. The van der Waals surface area contributed by atoms with Gasteiger partial charge in [0.2, 0.25) is 0 Å². The third-order valence-electron chi connectivity index (χ3n) is 1.70. The van der Waals surface area contributed by atoms with E-state index in [1.807, 2.05) is 0 Å². The second-order valence-electron chi connectivity index (χ2n) is 2.64. The topological polar surface area (TPSA) is 52.4 Å². The van der Waals surface area contributed by atoms with Crippen molar-refractivity contribution in [2.24, 2.45) is 0 Å². The molecule has 1 aromatic carbocycles. The number of ether oxygens (including phenoxy) is 1. The van der Waals surface area contributed by atoms with Crippen molar-refractivity contribution in [1.29, 1.82) is 0 Å². The standard InChI is InChI=1S/C8H6F3NO3/c1-15-7-4-5(8(9,10)11)2-3-6(7)12(13)14/h2-4H,1H3. The largest absolute Gasteiger partial charge is 0.490 e. The molecule has 15 heavy (non-hydrogen) atoms. The van der Waals surface area contributed by atoms with Crippen LogP contribution in [0.4, 0.5) is 18.9 Å². The number of hydrogen-bond acceptors (Lipinski definition) is 3. The van der Waals surface area contributed by atoms with Gasteiger partial charge in [0.15, 0.2) is 5.75 Å². The highest BCUT2D eigenvalue weighted by Gasteiger charge is 2.32. The molecule has 0 unspecified atom stereocenters. The van der Waals surface area contributed by atoms with Gasteiger partial charge in [-0.15, -0.1) is 0 Å². The Bertz CT molecular complexity index is 389. The lowest BCUT2D eigenvalue weighted by atomic mass is 10.2. The molecule has 0 N–H and O–H groups in total. The van der Waals surface area contributed by atoms with Crippen molar-refractivity contribution in [3.8, 4) is 5.75 Å². The highest BCUT2D eigenvalue weighted by molar-refractivity contribution is 5.49. The van der Waals surface area contributed by atoms with Gasteiger partial charge in [-0.05, 0) is 12.1 Å². The number of hydrogen-bond donors (Lipinski definition) is 0. The Hall–Kier alpha value is -1.79. The summed E-state index contributed by atoms with van der Waals surface area (Å²) >= 11 is 0. The van der Waals surface area contributed by atoms with E-state index >= 15 is 0 Å². The van der Waals surface area contributed by atoms with Crippen molar-refractivity contribution in [2.75, 3.05) is 7.11 Å². The average Bonchev–Trinajstić information content (AvgIpc) is 2.15. The van der Waals surface area contributed by atoms with E-state index in [1.165, 1.54) is 0 Å². The second-order valence-corrected chi connectivity index (χ2v) is 2.64. The molecular weight excluding hydrogens is 215 g/mol. The molecule has 0 saturated carbocycles. The molecule has 1 rings (SSSR count). The Balaban J connectivity index is 3.25. The number of alkyl halides is 3. The molecule has 0 aliphatic heterocycles. The molecule has 4 nitrogen and oxygen atoms in total. The van der Waals surface area contributed by atoms with E-state index in [4.69, 9.17) is 0 Å². The number of benzene rings is 1. The van der Waals surface area contributed by atoms with Crippen LogP contribution in [-0.4, -0.2) is 12.0 Å². The Labute approximate surface area is 82.4 Å². The first-order valence-electron chi connectivity index (χ1n) is 3.76. The molecule has 0 atom stereocenters. The Morgan fingerprint density at radius 2 is 2.00 bits per heavy atom. The number of halogens is 3. The van der Waals surface area contributed by atoms with Crippen LogP contribution in [0, 0.1) is 10.1 Å². The zero-order valence-electron chi connectivity index (χ0n) is 7.54. The van der Waals surface area contributed by atoms with E-state index in [2.05, 4.69) is 4.74 Å². The zero-order valence-corrected chi connectivity index (χ0v) is 7.54. The molecular formula is C8H6F3NO3. The smallest absolute Gasteiger partial charge is 0.416 e. The SMILES string of the molecule is COc1cc(C(F)(F)F)ccc1[N+](=O)[O-]. The predicted molar refractivity (Wildman–Crippen MR) is 44.7 cm³/mol. The minimum absolute atomic E-state index is 0.408. The van der Waals surface area contributed by atoms with E-state index in [-0.39, 0.29) is 0 Å². The second kappa shape index (κ2) is 3.76. The molecule has 1 aromatic rings. The van der Waals surface area contributed by atoms with Crippen LogP contribution >= 0.6 is 0 Å². The average molecular weight is 221 g/mol. The van der Waals surface area contributed by atoms with Crippen LogP contribution < -0.4 is 4.74 Å². The monoisotopic (exact) mass is 221 g/mol. The van der Waals surface area contributed by atoms with Crippen LogP contribution in [0.1, 0.15) is 5.56 Å². The molecule has 0 spiro atoms. The number of rotatable bonds is 2. The summed E-state index contributed by atoms with van der Waals surface area (Å²) in [5.74, 6) is -0.408. The number of nitro groups is 1. The third-order valence-corrected chi connectivity index (χ3v) is 1.70. The lowest BCUT2D eigenvalue weighted by Crippen LogP contribution is -2.05. The van der Waals surface area contributed by atoms with E-state index in [0.717, 1.165) is 13.2 Å². The van der Waals surface area contributed by atoms with Crippen molar-refractivity contribution in [3.63, 3.8) is 0 Å².